The van der Waals surface area contributed by atoms with Crippen molar-refractivity contribution in [2.45, 2.75) is 25.4 Å². The van der Waals surface area contributed by atoms with E-state index in [2.05, 4.69) is 4.90 Å². The van der Waals surface area contributed by atoms with Gasteiger partial charge in [0, 0.05) is 26.8 Å². The van der Waals surface area contributed by atoms with Crippen LogP contribution in [0.25, 0.3) is 0 Å². The number of aliphatic hydroxyl groups excluding tert-OH is 1. The third kappa shape index (κ3) is 3.09. The maximum atomic E-state index is 8.66. The molecular formula is C9H19NO2. The van der Waals surface area contributed by atoms with Gasteiger partial charge in [0.2, 0.25) is 0 Å². The number of nitrogens with zero attached hydrogens (tertiary/aromatic N) is 1. The van der Waals surface area contributed by atoms with E-state index in [1.54, 1.807) is 7.11 Å². The summed E-state index contributed by atoms with van der Waals surface area (Å²) in [7, 11) is 1.78. The molecule has 0 saturated carbocycles. The van der Waals surface area contributed by atoms with Crippen LogP contribution in [0.4, 0.5) is 0 Å². The maximum Gasteiger partial charge on any atom is 0.0698 e. The van der Waals surface area contributed by atoms with Gasteiger partial charge in [0.25, 0.3) is 0 Å². The van der Waals surface area contributed by atoms with Crippen LogP contribution in [0.3, 0.4) is 0 Å². The summed E-state index contributed by atoms with van der Waals surface area (Å²) in [6, 6.07) is 0. The summed E-state index contributed by atoms with van der Waals surface area (Å²) in [5.41, 5.74) is 0. The van der Waals surface area contributed by atoms with Gasteiger partial charge in [-0.1, -0.05) is 0 Å². The summed E-state index contributed by atoms with van der Waals surface area (Å²) >= 11 is 0. The molecule has 1 atom stereocenters. The molecule has 0 aliphatic carbocycles. The Morgan fingerprint density at radius 1 is 1.58 bits per heavy atom. The molecule has 0 amide bonds. The minimum Gasteiger partial charge on any atom is -0.396 e. The molecule has 3 heteroatoms. The lowest BCUT2D eigenvalue weighted by Crippen LogP contribution is -2.39. The van der Waals surface area contributed by atoms with Gasteiger partial charge in [-0.3, -0.25) is 0 Å². The van der Waals surface area contributed by atoms with E-state index in [1.807, 2.05) is 0 Å². The van der Waals surface area contributed by atoms with Crippen molar-refractivity contribution in [2.24, 2.45) is 0 Å². The smallest absolute Gasteiger partial charge is 0.0698 e. The Labute approximate surface area is 74.3 Å². The van der Waals surface area contributed by atoms with Gasteiger partial charge in [-0.25, -0.2) is 0 Å². The number of aliphatic hydroxyl groups is 1. The standard InChI is InChI=1S/C9H19NO2/c1-12-9-4-2-5-10(8-9)6-3-7-11/h9,11H,2-8H2,1H3. The highest BCUT2D eigenvalue weighted by Gasteiger charge is 2.18. The van der Waals surface area contributed by atoms with Crippen LogP contribution in [0, 0.1) is 0 Å². The van der Waals surface area contributed by atoms with E-state index in [0.717, 1.165) is 19.5 Å². The second-order valence-electron chi connectivity index (χ2n) is 3.38. The van der Waals surface area contributed by atoms with Crippen molar-refractivity contribution in [3.05, 3.63) is 0 Å². The van der Waals surface area contributed by atoms with Crippen LogP contribution >= 0.6 is 0 Å². The number of methoxy groups -OCH3 is 1. The molecule has 0 spiro atoms. The first-order chi connectivity index (χ1) is 5.86. The zero-order chi connectivity index (χ0) is 8.81. The lowest BCUT2D eigenvalue weighted by molar-refractivity contribution is 0.0295. The highest BCUT2D eigenvalue weighted by atomic mass is 16.5. The predicted molar refractivity (Wildman–Crippen MR) is 48.2 cm³/mol. The van der Waals surface area contributed by atoms with E-state index in [4.69, 9.17) is 9.84 Å². The van der Waals surface area contributed by atoms with Gasteiger partial charge in [0.05, 0.1) is 6.10 Å². The Bertz CT molecular complexity index is 119. The molecule has 0 bridgehead atoms. The average Bonchev–Trinajstić information content (AvgIpc) is 2.15. The van der Waals surface area contributed by atoms with Crippen LogP contribution in [0.1, 0.15) is 19.3 Å². The van der Waals surface area contributed by atoms with Gasteiger partial charge in [0.15, 0.2) is 0 Å². The number of piperidine rings is 1. The number of likely N-dealkylation sites (tertiary alicyclic amines) is 1. The van der Waals surface area contributed by atoms with Crippen molar-refractivity contribution in [1.29, 1.82) is 0 Å². The Kier molecular flexibility index (Phi) is 4.58. The maximum absolute atomic E-state index is 8.66. The molecule has 1 N–H and O–H groups in total. The fourth-order valence-corrected chi connectivity index (χ4v) is 1.70. The first-order valence-electron chi connectivity index (χ1n) is 4.73. The zero-order valence-corrected chi connectivity index (χ0v) is 7.83. The molecule has 0 aromatic rings. The van der Waals surface area contributed by atoms with Gasteiger partial charge < -0.3 is 14.7 Å². The Morgan fingerprint density at radius 3 is 3.08 bits per heavy atom. The fourth-order valence-electron chi connectivity index (χ4n) is 1.70. The second kappa shape index (κ2) is 5.51. The van der Waals surface area contributed by atoms with E-state index in [0.29, 0.717) is 12.7 Å². The van der Waals surface area contributed by atoms with Crippen LogP contribution in [0.15, 0.2) is 0 Å². The highest BCUT2D eigenvalue weighted by Crippen LogP contribution is 2.12. The van der Waals surface area contributed by atoms with Gasteiger partial charge >= 0.3 is 0 Å². The van der Waals surface area contributed by atoms with E-state index < -0.39 is 0 Å². The van der Waals surface area contributed by atoms with Crippen molar-refractivity contribution >= 4 is 0 Å². The quantitative estimate of drug-likeness (QED) is 0.671. The highest BCUT2D eigenvalue weighted by molar-refractivity contribution is 4.72. The molecule has 0 aromatic carbocycles. The lowest BCUT2D eigenvalue weighted by atomic mass is 10.1. The Morgan fingerprint density at radius 2 is 2.42 bits per heavy atom. The monoisotopic (exact) mass is 173 g/mol. The molecule has 3 nitrogen and oxygen atoms in total. The van der Waals surface area contributed by atoms with Crippen molar-refractivity contribution in [2.75, 3.05) is 33.4 Å². The van der Waals surface area contributed by atoms with Crippen molar-refractivity contribution in [3.63, 3.8) is 0 Å². The van der Waals surface area contributed by atoms with E-state index >= 15 is 0 Å². The fraction of sp³-hybridized carbons (Fsp3) is 1.00. The lowest BCUT2D eigenvalue weighted by Gasteiger charge is -2.31. The van der Waals surface area contributed by atoms with Crippen LogP contribution < -0.4 is 0 Å². The number of hydrogen-bond acceptors (Lipinski definition) is 3. The molecule has 1 rings (SSSR count). The van der Waals surface area contributed by atoms with Crippen molar-refractivity contribution < 1.29 is 9.84 Å². The number of hydrogen-bond donors (Lipinski definition) is 1. The normalized spacial score (nSPS) is 26.0. The first kappa shape index (κ1) is 9.96. The van der Waals surface area contributed by atoms with Gasteiger partial charge in [-0.2, -0.15) is 0 Å². The summed E-state index contributed by atoms with van der Waals surface area (Å²) in [6.07, 6.45) is 3.71. The van der Waals surface area contributed by atoms with Crippen LogP contribution in [-0.2, 0) is 4.74 Å². The summed E-state index contributed by atoms with van der Waals surface area (Å²) in [4.78, 5) is 2.37. The van der Waals surface area contributed by atoms with Crippen LogP contribution in [0.5, 0.6) is 0 Å². The number of ether oxygens (including phenoxy) is 1. The Balaban J connectivity index is 2.16. The summed E-state index contributed by atoms with van der Waals surface area (Å²) in [5.74, 6) is 0. The average molecular weight is 173 g/mol. The molecule has 0 aromatic heterocycles. The molecule has 1 aliphatic heterocycles. The van der Waals surface area contributed by atoms with Crippen LogP contribution in [0.2, 0.25) is 0 Å². The third-order valence-electron chi connectivity index (χ3n) is 2.43. The largest absolute Gasteiger partial charge is 0.396 e. The van der Waals surface area contributed by atoms with Gasteiger partial charge in [-0.15, -0.1) is 0 Å². The minimum absolute atomic E-state index is 0.300. The van der Waals surface area contributed by atoms with Gasteiger partial charge in [-0.05, 0) is 25.8 Å². The van der Waals surface area contributed by atoms with Crippen molar-refractivity contribution in [3.8, 4) is 0 Å². The summed E-state index contributed by atoms with van der Waals surface area (Å²) in [6.45, 7) is 3.51. The second-order valence-corrected chi connectivity index (χ2v) is 3.38. The van der Waals surface area contributed by atoms with E-state index in [9.17, 15) is 0 Å². The summed E-state index contributed by atoms with van der Waals surface area (Å²) in [5, 5.41) is 8.66. The molecule has 12 heavy (non-hydrogen) atoms. The molecule has 1 unspecified atom stereocenters. The topological polar surface area (TPSA) is 32.7 Å². The molecule has 72 valence electrons. The first-order valence-corrected chi connectivity index (χ1v) is 4.73. The van der Waals surface area contributed by atoms with E-state index in [1.165, 1.54) is 19.4 Å². The molecular weight excluding hydrogens is 154 g/mol. The van der Waals surface area contributed by atoms with E-state index in [-0.39, 0.29) is 0 Å². The van der Waals surface area contributed by atoms with Crippen molar-refractivity contribution in [1.82, 2.24) is 4.90 Å². The van der Waals surface area contributed by atoms with Crippen LogP contribution in [-0.4, -0.2) is 49.5 Å². The Hall–Kier alpha value is -0.120. The molecule has 1 aliphatic rings. The molecule has 1 heterocycles. The molecule has 0 radical (unpaired) electrons. The zero-order valence-electron chi connectivity index (χ0n) is 7.83. The minimum atomic E-state index is 0.300. The summed E-state index contributed by atoms with van der Waals surface area (Å²) < 4.78 is 5.30. The molecule has 1 fully saturated rings. The predicted octanol–water partition coefficient (Wildman–Crippen LogP) is 0.480. The van der Waals surface area contributed by atoms with Gasteiger partial charge in [0.1, 0.15) is 0 Å². The SMILES string of the molecule is COC1CCCN(CCCO)C1. The number of rotatable bonds is 4. The third-order valence-corrected chi connectivity index (χ3v) is 2.43. The molecule has 1 saturated heterocycles.